The van der Waals surface area contributed by atoms with Crippen molar-refractivity contribution in [2.24, 2.45) is 0 Å². The first-order valence-corrected chi connectivity index (χ1v) is 6.63. The van der Waals surface area contributed by atoms with Crippen molar-refractivity contribution in [2.45, 2.75) is 0 Å². The first kappa shape index (κ1) is 14.7. The summed E-state index contributed by atoms with van der Waals surface area (Å²) in [6.07, 6.45) is 0. The molecule has 0 aliphatic carbocycles. The summed E-state index contributed by atoms with van der Waals surface area (Å²) in [5.41, 5.74) is -0.127. The van der Waals surface area contributed by atoms with E-state index in [9.17, 15) is 19.1 Å². The summed E-state index contributed by atoms with van der Waals surface area (Å²) in [6, 6.07) is 4.10. The summed E-state index contributed by atoms with van der Waals surface area (Å²) in [7, 11) is 0. The lowest BCUT2D eigenvalue weighted by molar-refractivity contribution is -0.898. The second kappa shape index (κ2) is 6.19. The highest BCUT2D eigenvalue weighted by molar-refractivity contribution is 6.33. The SMILES string of the molecule is O=C([O-])C[NH+]1CCN(C(=O)c2c(F)cccc2Cl)CC1. The van der Waals surface area contributed by atoms with Crippen LogP contribution in [-0.2, 0) is 4.79 Å². The third-order valence-electron chi connectivity index (χ3n) is 3.33. The number of benzene rings is 1. The van der Waals surface area contributed by atoms with Gasteiger partial charge in [0.05, 0.1) is 42.7 Å². The molecule has 0 bridgehead atoms. The summed E-state index contributed by atoms with van der Waals surface area (Å²) in [5.74, 6) is -2.22. The first-order chi connectivity index (χ1) is 9.49. The number of nitrogens with one attached hydrogen (secondary N) is 1. The maximum atomic E-state index is 13.7. The summed E-state index contributed by atoms with van der Waals surface area (Å²) < 4.78 is 13.7. The summed E-state index contributed by atoms with van der Waals surface area (Å²) in [5, 5.41) is 10.6. The second-order valence-electron chi connectivity index (χ2n) is 4.69. The van der Waals surface area contributed by atoms with Crippen LogP contribution in [0.15, 0.2) is 18.2 Å². The fraction of sp³-hybridized carbons (Fsp3) is 0.385. The molecule has 5 nitrogen and oxygen atoms in total. The van der Waals surface area contributed by atoms with Crippen LogP contribution in [0.5, 0.6) is 0 Å². The number of nitrogens with zero attached hydrogens (tertiary/aromatic N) is 1. The van der Waals surface area contributed by atoms with Crippen molar-refractivity contribution in [3.05, 3.63) is 34.6 Å². The molecule has 1 aromatic rings. The molecule has 1 amide bonds. The van der Waals surface area contributed by atoms with Crippen LogP contribution in [0.2, 0.25) is 5.02 Å². The normalized spacial score (nSPS) is 16.2. The van der Waals surface area contributed by atoms with Gasteiger partial charge in [-0.25, -0.2) is 4.39 Å². The lowest BCUT2D eigenvalue weighted by atomic mass is 10.1. The van der Waals surface area contributed by atoms with Crippen molar-refractivity contribution in [3.63, 3.8) is 0 Å². The zero-order chi connectivity index (χ0) is 14.7. The number of carbonyl (C=O) groups is 2. The zero-order valence-electron chi connectivity index (χ0n) is 10.7. The van der Waals surface area contributed by atoms with E-state index in [0.29, 0.717) is 26.2 Å². The molecule has 0 saturated carbocycles. The Labute approximate surface area is 120 Å². The zero-order valence-corrected chi connectivity index (χ0v) is 11.5. The monoisotopic (exact) mass is 300 g/mol. The van der Waals surface area contributed by atoms with Crippen LogP contribution in [0, 0.1) is 5.82 Å². The Morgan fingerprint density at radius 2 is 2.00 bits per heavy atom. The van der Waals surface area contributed by atoms with Crippen molar-refractivity contribution in [2.75, 3.05) is 32.7 Å². The maximum Gasteiger partial charge on any atom is 0.258 e. The van der Waals surface area contributed by atoms with Crippen molar-refractivity contribution in [1.82, 2.24) is 4.90 Å². The van der Waals surface area contributed by atoms with Gasteiger partial charge in [0.1, 0.15) is 12.4 Å². The van der Waals surface area contributed by atoms with E-state index in [0.717, 1.165) is 4.90 Å². The summed E-state index contributed by atoms with van der Waals surface area (Å²) >= 11 is 5.86. The van der Waals surface area contributed by atoms with Gasteiger partial charge in [-0.15, -0.1) is 0 Å². The molecule has 1 N–H and O–H groups in total. The molecular weight excluding hydrogens is 287 g/mol. The van der Waals surface area contributed by atoms with Crippen LogP contribution in [0.1, 0.15) is 10.4 Å². The predicted octanol–water partition coefficient (Wildman–Crippen LogP) is -1.43. The van der Waals surface area contributed by atoms with Gasteiger partial charge in [-0.3, -0.25) is 4.79 Å². The van der Waals surface area contributed by atoms with Gasteiger partial charge in [0.2, 0.25) is 0 Å². The number of carboxylic acids is 1. The highest BCUT2D eigenvalue weighted by atomic mass is 35.5. The fourth-order valence-electron chi connectivity index (χ4n) is 2.27. The molecule has 1 fully saturated rings. The van der Waals surface area contributed by atoms with Crippen molar-refractivity contribution in [3.8, 4) is 0 Å². The third kappa shape index (κ3) is 3.26. The van der Waals surface area contributed by atoms with Gasteiger partial charge in [-0.1, -0.05) is 17.7 Å². The molecular formula is C13H14ClFN2O3. The Hall–Kier alpha value is -1.66. The van der Waals surface area contributed by atoms with Crippen LogP contribution in [0.4, 0.5) is 4.39 Å². The van der Waals surface area contributed by atoms with Crippen LogP contribution in [-0.4, -0.2) is 49.5 Å². The minimum Gasteiger partial charge on any atom is -0.544 e. The molecule has 1 aliphatic rings. The van der Waals surface area contributed by atoms with E-state index in [4.69, 9.17) is 11.6 Å². The fourth-order valence-corrected chi connectivity index (χ4v) is 2.51. The van der Waals surface area contributed by atoms with Gasteiger partial charge in [0.25, 0.3) is 5.91 Å². The largest absolute Gasteiger partial charge is 0.544 e. The number of hydrogen-bond acceptors (Lipinski definition) is 3. The van der Waals surface area contributed by atoms with Crippen molar-refractivity contribution >= 4 is 23.5 Å². The molecule has 108 valence electrons. The van der Waals surface area contributed by atoms with E-state index < -0.39 is 17.7 Å². The number of carbonyl (C=O) groups excluding carboxylic acids is 2. The number of halogens is 2. The third-order valence-corrected chi connectivity index (χ3v) is 3.64. The maximum absolute atomic E-state index is 13.7. The number of rotatable bonds is 3. The highest BCUT2D eigenvalue weighted by Gasteiger charge is 2.27. The smallest absolute Gasteiger partial charge is 0.258 e. The van der Waals surface area contributed by atoms with Gasteiger partial charge in [-0.05, 0) is 12.1 Å². The van der Waals surface area contributed by atoms with Gasteiger partial charge in [0.15, 0.2) is 0 Å². The molecule has 20 heavy (non-hydrogen) atoms. The Balaban J connectivity index is 2.04. The molecule has 2 rings (SSSR count). The molecule has 1 aromatic carbocycles. The number of aliphatic carboxylic acids is 1. The number of amides is 1. The second-order valence-corrected chi connectivity index (χ2v) is 5.09. The van der Waals surface area contributed by atoms with E-state index in [2.05, 4.69) is 0 Å². The molecule has 1 aliphatic heterocycles. The Morgan fingerprint density at radius 1 is 1.35 bits per heavy atom. The minimum absolute atomic E-state index is 0.0809. The Kier molecular flexibility index (Phi) is 4.57. The topological polar surface area (TPSA) is 64.9 Å². The van der Waals surface area contributed by atoms with Crippen LogP contribution >= 0.6 is 11.6 Å². The van der Waals surface area contributed by atoms with Crippen LogP contribution in [0.25, 0.3) is 0 Å². The molecule has 0 unspecified atom stereocenters. The molecule has 0 aromatic heterocycles. The van der Waals surface area contributed by atoms with E-state index in [1.54, 1.807) is 0 Å². The van der Waals surface area contributed by atoms with Gasteiger partial charge >= 0.3 is 0 Å². The van der Waals surface area contributed by atoms with Crippen LogP contribution < -0.4 is 10.0 Å². The number of hydrogen-bond donors (Lipinski definition) is 1. The molecule has 1 heterocycles. The first-order valence-electron chi connectivity index (χ1n) is 6.25. The van der Waals surface area contributed by atoms with Crippen LogP contribution in [0.3, 0.4) is 0 Å². The lowest BCUT2D eigenvalue weighted by Gasteiger charge is -2.32. The number of quaternary nitrogens is 1. The lowest BCUT2D eigenvalue weighted by Crippen LogP contribution is -3.16. The minimum atomic E-state index is -1.11. The van der Waals surface area contributed by atoms with Crippen molar-refractivity contribution in [1.29, 1.82) is 0 Å². The molecule has 1 saturated heterocycles. The quantitative estimate of drug-likeness (QED) is 0.744. The number of piperazine rings is 1. The molecule has 7 heteroatoms. The van der Waals surface area contributed by atoms with Gasteiger partial charge in [-0.2, -0.15) is 0 Å². The average molecular weight is 301 g/mol. The average Bonchev–Trinajstić information content (AvgIpc) is 2.38. The van der Waals surface area contributed by atoms with E-state index in [-0.39, 0.29) is 17.1 Å². The Bertz CT molecular complexity index is 510. The van der Waals surface area contributed by atoms with E-state index in [1.807, 2.05) is 0 Å². The molecule has 0 spiro atoms. The van der Waals surface area contributed by atoms with Crippen molar-refractivity contribution < 1.29 is 24.0 Å². The number of carboxylic acid groups (broad SMARTS) is 1. The molecule has 0 atom stereocenters. The summed E-state index contributed by atoms with van der Waals surface area (Å²) in [6.45, 7) is 1.64. The van der Waals surface area contributed by atoms with E-state index >= 15 is 0 Å². The summed E-state index contributed by atoms with van der Waals surface area (Å²) in [4.78, 5) is 25.1. The standard InChI is InChI=1S/C13H14ClFN2O3/c14-9-2-1-3-10(15)12(9)13(20)17-6-4-16(5-7-17)8-11(18)19/h1-3H,4-8H2,(H,18,19). The van der Waals surface area contributed by atoms with E-state index in [1.165, 1.54) is 23.1 Å². The highest BCUT2D eigenvalue weighted by Crippen LogP contribution is 2.20. The Morgan fingerprint density at radius 3 is 2.55 bits per heavy atom. The van der Waals surface area contributed by atoms with Gasteiger partial charge in [0, 0.05) is 0 Å². The molecule has 0 radical (unpaired) electrons. The van der Waals surface area contributed by atoms with Gasteiger partial charge < -0.3 is 19.7 Å². The predicted molar refractivity (Wildman–Crippen MR) is 67.9 cm³/mol.